The molecule has 0 heterocycles. The van der Waals surface area contributed by atoms with Crippen LogP contribution in [0.15, 0.2) is 0 Å². The first kappa shape index (κ1) is 23.7. The molecule has 0 fully saturated rings. The minimum Gasteiger partial charge on any atom is -0.325 e. The van der Waals surface area contributed by atoms with Crippen LogP contribution in [0.2, 0.25) is 0 Å². The highest BCUT2D eigenvalue weighted by atomic mass is 79.9. The summed E-state index contributed by atoms with van der Waals surface area (Å²) in [6.07, 6.45) is 20.0. The second-order valence-corrected chi connectivity index (χ2v) is 6.79. The molecule has 0 amide bonds. The fraction of sp³-hybridized carbons (Fsp3) is 1.00. The molecular formula is C19H42BrN. The highest BCUT2D eigenvalue weighted by Crippen LogP contribution is 2.26. The molecule has 0 aromatic carbocycles. The third-order valence-corrected chi connectivity index (χ3v) is 4.58. The molecule has 0 spiro atoms. The SMILES string of the molecule is Br.CCCCCCC(N)(CCCCCC)CCCCCC. The van der Waals surface area contributed by atoms with Gasteiger partial charge in [0.1, 0.15) is 0 Å². The fourth-order valence-corrected chi connectivity index (χ4v) is 3.09. The molecule has 0 aliphatic heterocycles. The van der Waals surface area contributed by atoms with Crippen LogP contribution >= 0.6 is 17.0 Å². The van der Waals surface area contributed by atoms with Crippen molar-refractivity contribution < 1.29 is 0 Å². The Hall–Kier alpha value is 0.440. The molecule has 1 nitrogen and oxygen atoms in total. The van der Waals surface area contributed by atoms with Gasteiger partial charge in [0.15, 0.2) is 0 Å². The molecule has 0 bridgehead atoms. The van der Waals surface area contributed by atoms with Gasteiger partial charge in [0.05, 0.1) is 0 Å². The predicted molar refractivity (Wildman–Crippen MR) is 104 cm³/mol. The van der Waals surface area contributed by atoms with Gasteiger partial charge < -0.3 is 5.73 Å². The molecule has 0 aromatic rings. The number of halogens is 1. The van der Waals surface area contributed by atoms with Crippen LogP contribution in [0, 0.1) is 0 Å². The van der Waals surface area contributed by atoms with E-state index in [2.05, 4.69) is 20.8 Å². The molecule has 0 radical (unpaired) electrons. The standard InChI is InChI=1S/C19H41N.BrH/c1-4-7-10-13-16-19(20,17-14-11-8-5-2)18-15-12-9-6-3;/h4-18,20H2,1-3H3;1H. The lowest BCUT2D eigenvalue weighted by Crippen LogP contribution is -2.39. The van der Waals surface area contributed by atoms with E-state index in [1.807, 2.05) is 0 Å². The van der Waals surface area contributed by atoms with Gasteiger partial charge in [-0.25, -0.2) is 0 Å². The van der Waals surface area contributed by atoms with Crippen LogP contribution in [-0.2, 0) is 0 Å². The zero-order chi connectivity index (χ0) is 15.1. The highest BCUT2D eigenvalue weighted by Gasteiger charge is 2.23. The van der Waals surface area contributed by atoms with Gasteiger partial charge in [-0.1, -0.05) is 97.8 Å². The Morgan fingerprint density at radius 1 is 0.524 bits per heavy atom. The Balaban J connectivity index is 0. The molecule has 0 aliphatic rings. The van der Waals surface area contributed by atoms with E-state index in [1.165, 1.54) is 96.3 Å². The van der Waals surface area contributed by atoms with Crippen molar-refractivity contribution in [2.75, 3.05) is 0 Å². The molecule has 0 saturated heterocycles. The first-order valence-corrected chi connectivity index (χ1v) is 9.47. The van der Waals surface area contributed by atoms with Gasteiger partial charge in [-0.3, -0.25) is 0 Å². The van der Waals surface area contributed by atoms with Crippen molar-refractivity contribution in [3.8, 4) is 0 Å². The second kappa shape index (κ2) is 16.8. The Kier molecular flexibility index (Phi) is 19.0. The first-order valence-electron chi connectivity index (χ1n) is 9.47. The minimum absolute atomic E-state index is 0. The summed E-state index contributed by atoms with van der Waals surface area (Å²) in [5.74, 6) is 0. The molecule has 2 heteroatoms. The molecule has 0 aromatic heterocycles. The summed E-state index contributed by atoms with van der Waals surface area (Å²) in [5.41, 5.74) is 6.89. The predicted octanol–water partition coefficient (Wildman–Crippen LogP) is 7.17. The van der Waals surface area contributed by atoms with Gasteiger partial charge in [-0.05, 0) is 19.3 Å². The number of nitrogens with two attached hydrogens (primary N) is 1. The summed E-state index contributed by atoms with van der Waals surface area (Å²) in [4.78, 5) is 0. The van der Waals surface area contributed by atoms with Crippen LogP contribution in [-0.4, -0.2) is 5.54 Å². The minimum atomic E-state index is 0. The maximum absolute atomic E-state index is 6.74. The lowest BCUT2D eigenvalue weighted by Gasteiger charge is -2.30. The van der Waals surface area contributed by atoms with Crippen molar-refractivity contribution >= 4 is 17.0 Å². The van der Waals surface area contributed by atoms with Crippen LogP contribution < -0.4 is 5.73 Å². The normalized spacial score (nSPS) is 11.4. The summed E-state index contributed by atoms with van der Waals surface area (Å²) in [6.45, 7) is 6.85. The Labute approximate surface area is 145 Å². The summed E-state index contributed by atoms with van der Waals surface area (Å²) < 4.78 is 0. The summed E-state index contributed by atoms with van der Waals surface area (Å²) in [7, 11) is 0. The van der Waals surface area contributed by atoms with Gasteiger partial charge in [0.25, 0.3) is 0 Å². The zero-order valence-corrected chi connectivity index (χ0v) is 16.8. The first-order chi connectivity index (χ1) is 9.68. The third-order valence-electron chi connectivity index (χ3n) is 4.58. The lowest BCUT2D eigenvalue weighted by molar-refractivity contribution is 0.304. The number of unbranched alkanes of at least 4 members (excludes halogenated alkanes) is 9. The number of rotatable bonds is 15. The number of hydrogen-bond acceptors (Lipinski definition) is 1. The smallest absolute Gasteiger partial charge is 0.0154 e. The average molecular weight is 364 g/mol. The molecule has 0 unspecified atom stereocenters. The maximum Gasteiger partial charge on any atom is 0.0154 e. The molecule has 0 atom stereocenters. The molecule has 0 saturated carbocycles. The summed E-state index contributed by atoms with van der Waals surface area (Å²) in [6, 6.07) is 0. The van der Waals surface area contributed by atoms with Gasteiger partial charge in [-0.15, -0.1) is 17.0 Å². The van der Waals surface area contributed by atoms with Gasteiger partial charge in [0.2, 0.25) is 0 Å². The molecule has 130 valence electrons. The second-order valence-electron chi connectivity index (χ2n) is 6.79. The summed E-state index contributed by atoms with van der Waals surface area (Å²) >= 11 is 0. The topological polar surface area (TPSA) is 26.0 Å². The Bertz CT molecular complexity index is 163. The Morgan fingerprint density at radius 3 is 1.05 bits per heavy atom. The van der Waals surface area contributed by atoms with Crippen LogP contribution in [0.1, 0.15) is 117 Å². The van der Waals surface area contributed by atoms with Crippen molar-refractivity contribution in [3.05, 3.63) is 0 Å². The molecule has 21 heavy (non-hydrogen) atoms. The molecule has 0 aliphatic carbocycles. The van der Waals surface area contributed by atoms with Crippen molar-refractivity contribution in [2.45, 2.75) is 123 Å². The molecule has 2 N–H and O–H groups in total. The van der Waals surface area contributed by atoms with Gasteiger partial charge in [-0.2, -0.15) is 0 Å². The quantitative estimate of drug-likeness (QED) is 0.306. The van der Waals surface area contributed by atoms with Crippen LogP contribution in [0.4, 0.5) is 0 Å². The maximum atomic E-state index is 6.74. The van der Waals surface area contributed by atoms with Crippen LogP contribution in [0.25, 0.3) is 0 Å². The lowest BCUT2D eigenvalue weighted by atomic mass is 9.83. The molecular weight excluding hydrogens is 322 g/mol. The van der Waals surface area contributed by atoms with E-state index in [4.69, 9.17) is 5.73 Å². The van der Waals surface area contributed by atoms with E-state index in [1.54, 1.807) is 0 Å². The van der Waals surface area contributed by atoms with E-state index in [-0.39, 0.29) is 22.5 Å². The van der Waals surface area contributed by atoms with Gasteiger partial charge >= 0.3 is 0 Å². The highest BCUT2D eigenvalue weighted by molar-refractivity contribution is 8.93. The van der Waals surface area contributed by atoms with E-state index in [0.29, 0.717) is 0 Å². The van der Waals surface area contributed by atoms with Crippen molar-refractivity contribution in [1.82, 2.24) is 0 Å². The fourth-order valence-electron chi connectivity index (χ4n) is 3.09. The van der Waals surface area contributed by atoms with Crippen molar-refractivity contribution in [1.29, 1.82) is 0 Å². The largest absolute Gasteiger partial charge is 0.325 e. The zero-order valence-electron chi connectivity index (χ0n) is 15.1. The van der Waals surface area contributed by atoms with Crippen molar-refractivity contribution in [3.63, 3.8) is 0 Å². The van der Waals surface area contributed by atoms with E-state index in [0.717, 1.165) is 0 Å². The van der Waals surface area contributed by atoms with Gasteiger partial charge in [0, 0.05) is 5.54 Å². The monoisotopic (exact) mass is 363 g/mol. The Morgan fingerprint density at radius 2 is 0.810 bits per heavy atom. The van der Waals surface area contributed by atoms with E-state index >= 15 is 0 Å². The third kappa shape index (κ3) is 15.1. The van der Waals surface area contributed by atoms with E-state index < -0.39 is 0 Å². The molecule has 0 rings (SSSR count). The van der Waals surface area contributed by atoms with Crippen LogP contribution in [0.3, 0.4) is 0 Å². The average Bonchev–Trinajstić information content (AvgIpc) is 2.45. The van der Waals surface area contributed by atoms with E-state index in [9.17, 15) is 0 Å². The number of hydrogen-bond donors (Lipinski definition) is 1. The van der Waals surface area contributed by atoms with Crippen LogP contribution in [0.5, 0.6) is 0 Å². The van der Waals surface area contributed by atoms with Crippen molar-refractivity contribution in [2.24, 2.45) is 5.73 Å². The summed E-state index contributed by atoms with van der Waals surface area (Å²) in [5, 5.41) is 0.